The van der Waals surface area contributed by atoms with Crippen LogP contribution in [0.1, 0.15) is 5.56 Å². The zero-order valence-electron chi connectivity index (χ0n) is 7.15. The molecule has 1 aromatic rings. The summed E-state index contributed by atoms with van der Waals surface area (Å²) in [7, 11) is 0. The molecular weight excluding hydrogens is 188 g/mol. The third kappa shape index (κ3) is 1.63. The van der Waals surface area contributed by atoms with Crippen LogP contribution in [0.3, 0.4) is 0 Å². The highest BCUT2D eigenvalue weighted by Crippen LogP contribution is 2.43. The van der Waals surface area contributed by atoms with Crippen molar-refractivity contribution >= 4 is 5.84 Å². The standard InChI is InChI=1S/C8H10N2O4/c9-5(10)2-3-1-4(11)7(13)8(14)6(3)12/h1,11-14H,2H2,(H3,9,10). The third-order valence-electron chi connectivity index (χ3n) is 1.69. The highest BCUT2D eigenvalue weighted by molar-refractivity contribution is 5.81. The molecule has 0 unspecified atom stereocenters. The number of nitrogens with one attached hydrogen (secondary N) is 1. The number of hydrogen-bond donors (Lipinski definition) is 6. The van der Waals surface area contributed by atoms with Crippen LogP contribution >= 0.6 is 0 Å². The second-order valence-electron chi connectivity index (χ2n) is 2.80. The van der Waals surface area contributed by atoms with E-state index in [1.54, 1.807) is 0 Å². The van der Waals surface area contributed by atoms with E-state index < -0.39 is 23.0 Å². The van der Waals surface area contributed by atoms with Crippen molar-refractivity contribution < 1.29 is 20.4 Å². The molecule has 0 amide bonds. The van der Waals surface area contributed by atoms with Crippen LogP contribution in [0, 0.1) is 5.41 Å². The minimum atomic E-state index is -0.818. The van der Waals surface area contributed by atoms with E-state index in [9.17, 15) is 5.11 Å². The molecule has 0 heterocycles. The smallest absolute Gasteiger partial charge is 0.204 e. The summed E-state index contributed by atoms with van der Waals surface area (Å²) in [6.07, 6.45) is -0.118. The number of phenolic OH excluding ortho intramolecular Hbond substituents is 4. The van der Waals surface area contributed by atoms with Crippen LogP contribution in [0.5, 0.6) is 23.0 Å². The highest BCUT2D eigenvalue weighted by atomic mass is 16.3. The molecule has 0 radical (unpaired) electrons. The summed E-state index contributed by atoms with van der Waals surface area (Å²) >= 11 is 0. The maximum absolute atomic E-state index is 9.28. The van der Waals surface area contributed by atoms with Crippen molar-refractivity contribution in [1.82, 2.24) is 0 Å². The topological polar surface area (TPSA) is 131 Å². The van der Waals surface area contributed by atoms with E-state index >= 15 is 0 Å². The Kier molecular flexibility index (Phi) is 2.37. The molecule has 7 N–H and O–H groups in total. The molecule has 0 fully saturated rings. The van der Waals surface area contributed by atoms with Gasteiger partial charge < -0.3 is 26.2 Å². The molecule has 0 spiro atoms. The van der Waals surface area contributed by atoms with Gasteiger partial charge in [0.15, 0.2) is 11.5 Å². The Balaban J connectivity index is 3.25. The Morgan fingerprint density at radius 2 is 1.71 bits per heavy atom. The largest absolute Gasteiger partial charge is 0.504 e. The van der Waals surface area contributed by atoms with Gasteiger partial charge in [-0.3, -0.25) is 5.41 Å². The van der Waals surface area contributed by atoms with E-state index in [0.717, 1.165) is 6.07 Å². The van der Waals surface area contributed by atoms with Gasteiger partial charge in [0.2, 0.25) is 11.5 Å². The number of benzene rings is 1. The van der Waals surface area contributed by atoms with Crippen LogP contribution in [-0.4, -0.2) is 26.3 Å². The van der Waals surface area contributed by atoms with Crippen LogP contribution in [-0.2, 0) is 6.42 Å². The quantitative estimate of drug-likeness (QED) is 0.172. The average molecular weight is 198 g/mol. The zero-order chi connectivity index (χ0) is 10.9. The number of rotatable bonds is 2. The molecule has 0 aliphatic rings. The summed E-state index contributed by atoms with van der Waals surface area (Å²) in [5.41, 5.74) is 5.15. The molecule has 0 aliphatic heterocycles. The fourth-order valence-electron chi connectivity index (χ4n) is 1.03. The molecule has 0 saturated heterocycles. The summed E-state index contributed by atoms with van der Waals surface area (Å²) < 4.78 is 0. The van der Waals surface area contributed by atoms with Gasteiger partial charge in [-0.05, 0) is 6.07 Å². The van der Waals surface area contributed by atoms with Crippen molar-refractivity contribution in [3.05, 3.63) is 11.6 Å². The number of aromatic hydroxyl groups is 4. The van der Waals surface area contributed by atoms with Crippen molar-refractivity contribution in [2.24, 2.45) is 5.73 Å². The predicted octanol–water partition coefficient (Wildman–Crippen LogP) is -0.0125. The number of phenols is 4. The van der Waals surface area contributed by atoms with E-state index in [2.05, 4.69) is 0 Å². The molecule has 1 aromatic carbocycles. The minimum Gasteiger partial charge on any atom is -0.504 e. The minimum absolute atomic E-state index is 0.0744. The van der Waals surface area contributed by atoms with Crippen molar-refractivity contribution in [3.63, 3.8) is 0 Å². The lowest BCUT2D eigenvalue weighted by Crippen LogP contribution is -2.12. The normalized spacial score (nSPS) is 10.0. The van der Waals surface area contributed by atoms with Gasteiger partial charge in [-0.15, -0.1) is 0 Å². The first-order chi connectivity index (χ1) is 6.43. The van der Waals surface area contributed by atoms with Crippen LogP contribution in [0.15, 0.2) is 6.07 Å². The van der Waals surface area contributed by atoms with Gasteiger partial charge in [-0.25, -0.2) is 0 Å². The predicted molar refractivity (Wildman–Crippen MR) is 48.7 cm³/mol. The monoisotopic (exact) mass is 198 g/mol. The van der Waals surface area contributed by atoms with E-state index in [0.29, 0.717) is 0 Å². The van der Waals surface area contributed by atoms with Gasteiger partial charge >= 0.3 is 0 Å². The summed E-state index contributed by atoms with van der Waals surface area (Å²) in [5.74, 6) is -3.01. The Bertz CT molecular complexity index is 389. The van der Waals surface area contributed by atoms with Crippen molar-refractivity contribution in [2.45, 2.75) is 6.42 Å². The molecule has 14 heavy (non-hydrogen) atoms. The number of amidine groups is 1. The van der Waals surface area contributed by atoms with Gasteiger partial charge in [0.1, 0.15) is 0 Å². The van der Waals surface area contributed by atoms with Crippen molar-refractivity contribution in [1.29, 1.82) is 5.41 Å². The third-order valence-corrected chi connectivity index (χ3v) is 1.69. The van der Waals surface area contributed by atoms with Crippen LogP contribution < -0.4 is 5.73 Å². The second kappa shape index (κ2) is 3.33. The summed E-state index contributed by atoms with van der Waals surface area (Å²) in [4.78, 5) is 0. The van der Waals surface area contributed by atoms with E-state index in [-0.39, 0.29) is 17.8 Å². The van der Waals surface area contributed by atoms with Crippen LogP contribution in [0.25, 0.3) is 0 Å². The number of hydrogen-bond acceptors (Lipinski definition) is 5. The molecule has 76 valence electrons. The molecule has 0 aliphatic carbocycles. The Morgan fingerprint density at radius 3 is 2.21 bits per heavy atom. The van der Waals surface area contributed by atoms with Crippen molar-refractivity contribution in [3.8, 4) is 23.0 Å². The summed E-state index contributed by atoms with van der Waals surface area (Å²) in [6.45, 7) is 0. The highest BCUT2D eigenvalue weighted by Gasteiger charge is 2.16. The SMILES string of the molecule is N=C(N)Cc1cc(O)c(O)c(O)c1O. The van der Waals surface area contributed by atoms with Gasteiger partial charge in [-0.1, -0.05) is 0 Å². The average Bonchev–Trinajstić information content (AvgIpc) is 2.10. The van der Waals surface area contributed by atoms with Gasteiger partial charge in [0.05, 0.1) is 5.84 Å². The van der Waals surface area contributed by atoms with E-state index in [4.69, 9.17) is 26.5 Å². The fraction of sp³-hybridized carbons (Fsp3) is 0.125. The van der Waals surface area contributed by atoms with Crippen LogP contribution in [0.4, 0.5) is 0 Å². The lowest BCUT2D eigenvalue weighted by molar-refractivity contribution is 0.344. The molecule has 6 nitrogen and oxygen atoms in total. The first-order valence-electron chi connectivity index (χ1n) is 3.72. The van der Waals surface area contributed by atoms with Gasteiger partial charge in [0.25, 0.3) is 0 Å². The van der Waals surface area contributed by atoms with E-state index in [1.165, 1.54) is 0 Å². The maximum atomic E-state index is 9.28. The Labute approximate surface area is 79.4 Å². The molecule has 0 atom stereocenters. The second-order valence-corrected chi connectivity index (χ2v) is 2.80. The fourth-order valence-corrected chi connectivity index (χ4v) is 1.03. The summed E-state index contributed by atoms with van der Waals surface area (Å²) in [5, 5.41) is 43.4. The molecular formula is C8H10N2O4. The van der Waals surface area contributed by atoms with Gasteiger partial charge in [-0.2, -0.15) is 0 Å². The molecule has 0 bridgehead atoms. The molecule has 6 heteroatoms. The van der Waals surface area contributed by atoms with Gasteiger partial charge in [0, 0.05) is 12.0 Å². The Hall–Kier alpha value is -2.11. The maximum Gasteiger partial charge on any atom is 0.204 e. The molecule has 0 aromatic heterocycles. The first-order valence-corrected chi connectivity index (χ1v) is 3.72. The van der Waals surface area contributed by atoms with Crippen molar-refractivity contribution in [2.75, 3.05) is 0 Å². The van der Waals surface area contributed by atoms with Crippen LogP contribution in [0.2, 0.25) is 0 Å². The molecule has 0 saturated carbocycles. The lowest BCUT2D eigenvalue weighted by Gasteiger charge is -2.08. The first kappa shape index (κ1) is 9.97. The lowest BCUT2D eigenvalue weighted by atomic mass is 10.1. The summed E-state index contributed by atoms with van der Waals surface area (Å²) in [6, 6.07) is 1.03. The molecule has 1 rings (SSSR count). The zero-order valence-corrected chi connectivity index (χ0v) is 7.15. The Morgan fingerprint density at radius 1 is 1.14 bits per heavy atom. The van der Waals surface area contributed by atoms with E-state index in [1.807, 2.05) is 0 Å². The number of nitrogens with two attached hydrogens (primary N) is 1.